The van der Waals surface area contributed by atoms with E-state index in [1.165, 1.54) is 18.9 Å². The lowest BCUT2D eigenvalue weighted by Crippen LogP contribution is -2.42. The van der Waals surface area contributed by atoms with Gasteiger partial charge in [0.1, 0.15) is 6.10 Å². The van der Waals surface area contributed by atoms with Crippen molar-refractivity contribution in [1.82, 2.24) is 14.9 Å². The number of aromatic nitrogens is 2. The Morgan fingerprint density at radius 2 is 2.00 bits per heavy atom. The third-order valence-corrected chi connectivity index (χ3v) is 4.90. The molecule has 2 aliphatic rings. The van der Waals surface area contributed by atoms with Crippen LogP contribution in [0.5, 0.6) is 5.88 Å². The number of piperidine rings is 1. The Bertz CT molecular complexity index is 576. The lowest BCUT2D eigenvalue weighted by molar-refractivity contribution is -0.145. The fourth-order valence-corrected chi connectivity index (χ4v) is 3.25. The van der Waals surface area contributed by atoms with E-state index in [-0.39, 0.29) is 17.4 Å². The largest absolute Gasteiger partial charge is 0.474 e. The number of thiol groups is 1. The molecule has 1 aromatic rings. The zero-order chi connectivity index (χ0) is 17.9. The molecule has 9 heteroatoms. The lowest BCUT2D eigenvalue weighted by atomic mass is 10.0. The maximum atomic E-state index is 12.6. The van der Waals surface area contributed by atoms with Crippen molar-refractivity contribution in [3.63, 3.8) is 0 Å². The SMILES string of the molecule is FC(F)(F)c1nccc(OC2CCN(CC3(COCS)CC3)CC2)n1. The van der Waals surface area contributed by atoms with Gasteiger partial charge in [-0.25, -0.2) is 4.98 Å². The Morgan fingerprint density at radius 3 is 2.60 bits per heavy atom. The van der Waals surface area contributed by atoms with Crippen LogP contribution in [0.15, 0.2) is 12.3 Å². The first kappa shape index (κ1) is 18.7. The molecule has 0 bridgehead atoms. The highest BCUT2D eigenvalue weighted by Gasteiger charge is 2.44. The summed E-state index contributed by atoms with van der Waals surface area (Å²) >= 11 is 4.08. The molecular weight excluding hydrogens is 355 g/mol. The average Bonchev–Trinajstić information content (AvgIpc) is 3.34. The molecule has 0 aromatic carbocycles. The standard InChI is InChI=1S/C16H22F3N3O2S/c17-16(18,19)14-20-6-1-13(21-14)24-12-2-7-22(8-3-12)9-15(4-5-15)10-23-11-25/h1,6,12,25H,2-5,7-11H2. The highest BCUT2D eigenvalue weighted by Crippen LogP contribution is 2.46. The third-order valence-electron chi connectivity index (χ3n) is 4.72. The maximum absolute atomic E-state index is 12.6. The quantitative estimate of drug-likeness (QED) is 0.585. The zero-order valence-electron chi connectivity index (χ0n) is 13.8. The van der Waals surface area contributed by atoms with Gasteiger partial charge in [0.2, 0.25) is 11.7 Å². The van der Waals surface area contributed by atoms with E-state index in [4.69, 9.17) is 9.47 Å². The van der Waals surface area contributed by atoms with Crippen molar-refractivity contribution >= 4 is 12.6 Å². The van der Waals surface area contributed by atoms with Gasteiger partial charge < -0.3 is 14.4 Å². The van der Waals surface area contributed by atoms with Gasteiger partial charge in [0.15, 0.2) is 0 Å². The van der Waals surface area contributed by atoms with Gasteiger partial charge in [-0.05, 0) is 25.7 Å². The Balaban J connectivity index is 1.47. The molecule has 0 N–H and O–H groups in total. The van der Waals surface area contributed by atoms with Crippen LogP contribution in [0, 0.1) is 5.41 Å². The molecule has 1 saturated carbocycles. The molecular formula is C16H22F3N3O2S. The molecule has 0 spiro atoms. The van der Waals surface area contributed by atoms with Crippen molar-refractivity contribution in [2.45, 2.75) is 38.0 Å². The van der Waals surface area contributed by atoms with E-state index in [1.807, 2.05) is 0 Å². The first-order valence-corrected chi connectivity index (χ1v) is 9.01. The third kappa shape index (κ3) is 5.21. The van der Waals surface area contributed by atoms with Gasteiger partial charge in [0.25, 0.3) is 0 Å². The second-order valence-corrected chi connectivity index (χ2v) is 7.05. The number of ether oxygens (including phenoxy) is 2. The maximum Gasteiger partial charge on any atom is 0.451 e. The normalized spacial score (nSPS) is 21.3. The van der Waals surface area contributed by atoms with E-state index >= 15 is 0 Å². The van der Waals surface area contributed by atoms with Gasteiger partial charge in [-0.2, -0.15) is 30.8 Å². The number of hydrogen-bond donors (Lipinski definition) is 1. The molecule has 2 fully saturated rings. The molecule has 25 heavy (non-hydrogen) atoms. The summed E-state index contributed by atoms with van der Waals surface area (Å²) in [5.41, 5.74) is 0.269. The van der Waals surface area contributed by atoms with Gasteiger partial charge in [0.05, 0.1) is 12.5 Å². The Kier molecular flexibility index (Phi) is 5.75. The minimum Gasteiger partial charge on any atom is -0.474 e. The van der Waals surface area contributed by atoms with Gasteiger partial charge >= 0.3 is 6.18 Å². The zero-order valence-corrected chi connectivity index (χ0v) is 14.7. The van der Waals surface area contributed by atoms with Crippen molar-refractivity contribution in [1.29, 1.82) is 0 Å². The second-order valence-electron chi connectivity index (χ2n) is 6.79. The van der Waals surface area contributed by atoms with Crippen LogP contribution in [0.2, 0.25) is 0 Å². The molecule has 0 atom stereocenters. The predicted octanol–water partition coefficient (Wildman–Crippen LogP) is 3.02. The van der Waals surface area contributed by atoms with E-state index in [0.29, 0.717) is 5.94 Å². The van der Waals surface area contributed by atoms with Gasteiger partial charge in [0, 0.05) is 37.3 Å². The summed E-state index contributed by atoms with van der Waals surface area (Å²) in [6.45, 7) is 3.47. The number of nitrogens with zero attached hydrogens (tertiary/aromatic N) is 3. The highest BCUT2D eigenvalue weighted by atomic mass is 32.1. The van der Waals surface area contributed by atoms with Crippen molar-refractivity contribution < 1.29 is 22.6 Å². The molecule has 0 amide bonds. The Labute approximate surface area is 150 Å². The van der Waals surface area contributed by atoms with Crippen LogP contribution in [-0.2, 0) is 10.9 Å². The highest BCUT2D eigenvalue weighted by molar-refractivity contribution is 7.80. The first-order chi connectivity index (χ1) is 11.9. The van der Waals surface area contributed by atoms with E-state index in [1.54, 1.807) is 0 Å². The molecule has 2 heterocycles. The number of alkyl halides is 3. The fourth-order valence-electron chi connectivity index (χ4n) is 3.16. The summed E-state index contributed by atoms with van der Waals surface area (Å²) in [6, 6.07) is 1.37. The van der Waals surface area contributed by atoms with Gasteiger partial charge in [-0.15, -0.1) is 0 Å². The summed E-state index contributed by atoms with van der Waals surface area (Å²) in [6.07, 6.45) is 0.311. The topological polar surface area (TPSA) is 47.5 Å². The van der Waals surface area contributed by atoms with Crippen LogP contribution in [0.3, 0.4) is 0 Å². The molecule has 1 saturated heterocycles. The number of rotatable bonds is 7. The fraction of sp³-hybridized carbons (Fsp3) is 0.750. The average molecular weight is 377 g/mol. The van der Waals surface area contributed by atoms with Crippen molar-refractivity contribution in [2.24, 2.45) is 5.41 Å². The molecule has 0 unspecified atom stereocenters. The van der Waals surface area contributed by atoms with E-state index in [2.05, 4.69) is 27.5 Å². The van der Waals surface area contributed by atoms with Gasteiger partial charge in [-0.1, -0.05) is 0 Å². The number of likely N-dealkylation sites (tertiary alicyclic amines) is 1. The van der Waals surface area contributed by atoms with Crippen LogP contribution in [0.25, 0.3) is 0 Å². The molecule has 3 rings (SSSR count). The summed E-state index contributed by atoms with van der Waals surface area (Å²) in [5, 5.41) is 0. The van der Waals surface area contributed by atoms with Crippen LogP contribution in [0.4, 0.5) is 13.2 Å². The summed E-state index contributed by atoms with van der Waals surface area (Å²) < 4.78 is 49.0. The Hall–Kier alpha value is -1.06. The smallest absolute Gasteiger partial charge is 0.451 e. The van der Waals surface area contributed by atoms with E-state index in [0.717, 1.165) is 45.3 Å². The van der Waals surface area contributed by atoms with Crippen LogP contribution in [0.1, 0.15) is 31.5 Å². The summed E-state index contributed by atoms with van der Waals surface area (Å²) in [7, 11) is 0. The number of halogens is 3. The van der Waals surface area contributed by atoms with Crippen molar-refractivity contribution in [3.8, 4) is 5.88 Å². The molecule has 1 aromatic heterocycles. The summed E-state index contributed by atoms with van der Waals surface area (Å²) in [4.78, 5) is 9.10. The van der Waals surface area contributed by atoms with E-state index < -0.39 is 12.0 Å². The molecule has 140 valence electrons. The first-order valence-electron chi connectivity index (χ1n) is 8.38. The lowest BCUT2D eigenvalue weighted by Gasteiger charge is -2.34. The van der Waals surface area contributed by atoms with Crippen LogP contribution in [-0.4, -0.2) is 53.2 Å². The van der Waals surface area contributed by atoms with Gasteiger partial charge in [-0.3, -0.25) is 0 Å². The van der Waals surface area contributed by atoms with E-state index in [9.17, 15) is 13.2 Å². The molecule has 5 nitrogen and oxygen atoms in total. The molecule has 0 radical (unpaired) electrons. The molecule has 1 aliphatic heterocycles. The number of hydrogen-bond acceptors (Lipinski definition) is 6. The van der Waals surface area contributed by atoms with Crippen molar-refractivity contribution in [3.05, 3.63) is 18.1 Å². The van der Waals surface area contributed by atoms with Crippen molar-refractivity contribution in [2.75, 3.05) is 32.2 Å². The monoisotopic (exact) mass is 377 g/mol. The minimum absolute atomic E-state index is 0.0124. The minimum atomic E-state index is -4.56. The summed E-state index contributed by atoms with van der Waals surface area (Å²) in [5.74, 6) is -0.736. The van der Waals surface area contributed by atoms with Crippen LogP contribution < -0.4 is 4.74 Å². The van der Waals surface area contributed by atoms with Crippen LogP contribution >= 0.6 is 12.6 Å². The second kappa shape index (κ2) is 7.67. The molecule has 1 aliphatic carbocycles. The predicted molar refractivity (Wildman–Crippen MR) is 88.6 cm³/mol. The Morgan fingerprint density at radius 1 is 1.28 bits per heavy atom.